The SMILES string of the molecule is CN1CCNCC1c1noc(/C=C/c2ccc(-n3ccnc3)cc2)n1. The largest absolute Gasteiger partial charge is 0.335 e. The fourth-order valence-electron chi connectivity index (χ4n) is 2.88. The molecule has 0 saturated carbocycles. The van der Waals surface area contributed by atoms with E-state index in [0.29, 0.717) is 5.89 Å². The molecule has 128 valence electrons. The van der Waals surface area contributed by atoms with Crippen LogP contribution in [0.1, 0.15) is 23.3 Å². The smallest absolute Gasteiger partial charge is 0.250 e. The van der Waals surface area contributed by atoms with Gasteiger partial charge in [-0.2, -0.15) is 4.98 Å². The Morgan fingerprint density at radius 1 is 1.24 bits per heavy atom. The molecule has 0 amide bonds. The van der Waals surface area contributed by atoms with Gasteiger partial charge >= 0.3 is 0 Å². The van der Waals surface area contributed by atoms with E-state index in [0.717, 1.165) is 36.7 Å². The first-order valence-corrected chi connectivity index (χ1v) is 8.30. The molecule has 3 heterocycles. The zero-order chi connectivity index (χ0) is 17.1. The summed E-state index contributed by atoms with van der Waals surface area (Å²) in [7, 11) is 2.08. The molecule has 1 unspecified atom stereocenters. The van der Waals surface area contributed by atoms with Crippen molar-refractivity contribution in [1.29, 1.82) is 0 Å². The lowest BCUT2D eigenvalue weighted by Gasteiger charge is -2.30. The molecule has 7 heteroatoms. The maximum Gasteiger partial charge on any atom is 0.250 e. The first kappa shape index (κ1) is 15.7. The molecule has 0 spiro atoms. The summed E-state index contributed by atoms with van der Waals surface area (Å²) in [6, 6.07) is 8.34. The highest BCUT2D eigenvalue weighted by atomic mass is 16.5. The van der Waals surface area contributed by atoms with Gasteiger partial charge in [-0.15, -0.1) is 0 Å². The number of benzene rings is 1. The molecule has 1 atom stereocenters. The second-order valence-corrected chi connectivity index (χ2v) is 6.09. The minimum Gasteiger partial charge on any atom is -0.335 e. The van der Waals surface area contributed by atoms with Crippen LogP contribution in [0.15, 0.2) is 47.5 Å². The number of nitrogens with zero attached hydrogens (tertiary/aromatic N) is 5. The van der Waals surface area contributed by atoms with Crippen molar-refractivity contribution in [3.8, 4) is 5.69 Å². The topological polar surface area (TPSA) is 72.0 Å². The van der Waals surface area contributed by atoms with Crippen molar-refractivity contribution in [3.05, 3.63) is 60.3 Å². The van der Waals surface area contributed by atoms with Gasteiger partial charge in [0.05, 0.1) is 12.4 Å². The Morgan fingerprint density at radius 3 is 2.88 bits per heavy atom. The van der Waals surface area contributed by atoms with Crippen LogP contribution in [0.25, 0.3) is 17.8 Å². The molecule has 0 aliphatic carbocycles. The van der Waals surface area contributed by atoms with Crippen LogP contribution in [-0.4, -0.2) is 51.3 Å². The lowest BCUT2D eigenvalue weighted by Crippen LogP contribution is -2.44. The molecule has 2 aromatic heterocycles. The zero-order valence-electron chi connectivity index (χ0n) is 14.0. The van der Waals surface area contributed by atoms with Crippen LogP contribution in [0, 0.1) is 0 Å². The predicted octanol–water partition coefficient (Wildman–Crippen LogP) is 2.00. The van der Waals surface area contributed by atoms with Crippen LogP contribution in [0.5, 0.6) is 0 Å². The molecule has 0 radical (unpaired) electrons. The maximum atomic E-state index is 5.36. The number of hydrogen-bond donors (Lipinski definition) is 1. The molecule has 1 aromatic carbocycles. The molecule has 1 aliphatic heterocycles. The van der Waals surface area contributed by atoms with Crippen LogP contribution in [0.4, 0.5) is 0 Å². The summed E-state index contributed by atoms with van der Waals surface area (Å²) in [5.41, 5.74) is 2.14. The molecule has 1 aliphatic rings. The summed E-state index contributed by atoms with van der Waals surface area (Å²) in [6.07, 6.45) is 9.28. The third kappa shape index (κ3) is 3.52. The first-order valence-electron chi connectivity index (χ1n) is 8.30. The number of rotatable bonds is 4. The van der Waals surface area contributed by atoms with Gasteiger partial charge < -0.3 is 14.4 Å². The summed E-state index contributed by atoms with van der Waals surface area (Å²) >= 11 is 0. The van der Waals surface area contributed by atoms with Crippen molar-refractivity contribution < 1.29 is 4.52 Å². The maximum absolute atomic E-state index is 5.36. The molecular weight excluding hydrogens is 316 g/mol. The number of aromatic nitrogens is 4. The van der Waals surface area contributed by atoms with Crippen LogP contribution in [-0.2, 0) is 0 Å². The lowest BCUT2D eigenvalue weighted by molar-refractivity contribution is 0.190. The fraction of sp³-hybridized carbons (Fsp3) is 0.278. The van der Waals surface area contributed by atoms with Gasteiger partial charge in [-0.3, -0.25) is 4.90 Å². The Kier molecular flexibility index (Phi) is 4.41. The Hall–Kier alpha value is -2.77. The van der Waals surface area contributed by atoms with E-state index in [1.54, 1.807) is 12.5 Å². The van der Waals surface area contributed by atoms with Gasteiger partial charge in [0.15, 0.2) is 5.82 Å². The molecule has 1 fully saturated rings. The summed E-state index contributed by atoms with van der Waals surface area (Å²) < 4.78 is 7.32. The highest BCUT2D eigenvalue weighted by Crippen LogP contribution is 2.18. The monoisotopic (exact) mass is 336 g/mol. The van der Waals surface area contributed by atoms with Crippen molar-refractivity contribution in [2.24, 2.45) is 0 Å². The molecule has 0 bridgehead atoms. The number of nitrogens with one attached hydrogen (secondary N) is 1. The number of imidazole rings is 1. The second kappa shape index (κ2) is 7.00. The van der Waals surface area contributed by atoms with E-state index >= 15 is 0 Å². The van der Waals surface area contributed by atoms with Gasteiger partial charge in [-0.05, 0) is 30.8 Å². The average Bonchev–Trinajstić information content (AvgIpc) is 3.33. The van der Waals surface area contributed by atoms with Gasteiger partial charge in [0.1, 0.15) is 0 Å². The van der Waals surface area contributed by atoms with Crippen LogP contribution in [0.2, 0.25) is 0 Å². The molecular formula is C18H20N6O. The second-order valence-electron chi connectivity index (χ2n) is 6.09. The third-order valence-corrected chi connectivity index (χ3v) is 4.38. The van der Waals surface area contributed by atoms with Gasteiger partial charge in [-0.25, -0.2) is 4.98 Å². The number of hydrogen-bond acceptors (Lipinski definition) is 6. The number of likely N-dealkylation sites (N-methyl/N-ethyl adjacent to an activating group) is 1. The van der Waals surface area contributed by atoms with E-state index in [9.17, 15) is 0 Å². The average molecular weight is 336 g/mol. The predicted molar refractivity (Wildman–Crippen MR) is 95.0 cm³/mol. The summed E-state index contributed by atoms with van der Waals surface area (Å²) in [4.78, 5) is 10.8. The van der Waals surface area contributed by atoms with Crippen molar-refractivity contribution >= 4 is 12.2 Å². The third-order valence-electron chi connectivity index (χ3n) is 4.38. The molecule has 4 rings (SSSR count). The summed E-state index contributed by atoms with van der Waals surface area (Å²) in [6.45, 7) is 2.81. The zero-order valence-corrected chi connectivity index (χ0v) is 14.0. The van der Waals surface area contributed by atoms with Gasteiger partial charge in [0.25, 0.3) is 5.89 Å². The highest BCUT2D eigenvalue weighted by Gasteiger charge is 2.24. The Balaban J connectivity index is 1.45. The Labute approximate surface area is 146 Å². The Morgan fingerprint density at radius 2 is 2.12 bits per heavy atom. The van der Waals surface area contributed by atoms with E-state index in [4.69, 9.17) is 4.52 Å². The van der Waals surface area contributed by atoms with Gasteiger partial charge in [-0.1, -0.05) is 17.3 Å². The minimum absolute atomic E-state index is 0.161. The first-order chi connectivity index (χ1) is 12.3. The van der Waals surface area contributed by atoms with E-state index in [1.807, 2.05) is 47.2 Å². The van der Waals surface area contributed by atoms with Crippen LogP contribution >= 0.6 is 0 Å². The standard InChI is InChI=1S/C18H20N6O/c1-23-10-8-19-12-16(23)18-21-17(25-22-18)7-4-14-2-5-15(6-3-14)24-11-9-20-13-24/h2-7,9,11,13,16,19H,8,10,12H2,1H3/b7-4+. The van der Waals surface area contributed by atoms with E-state index in [-0.39, 0.29) is 6.04 Å². The van der Waals surface area contributed by atoms with Crippen molar-refractivity contribution in [2.45, 2.75) is 6.04 Å². The van der Waals surface area contributed by atoms with Gasteiger partial charge in [0.2, 0.25) is 0 Å². The van der Waals surface area contributed by atoms with Crippen molar-refractivity contribution in [1.82, 2.24) is 29.9 Å². The van der Waals surface area contributed by atoms with Crippen LogP contribution < -0.4 is 5.32 Å². The molecule has 7 nitrogen and oxygen atoms in total. The van der Waals surface area contributed by atoms with Crippen molar-refractivity contribution in [2.75, 3.05) is 26.7 Å². The highest BCUT2D eigenvalue weighted by molar-refractivity contribution is 5.66. The molecule has 1 saturated heterocycles. The lowest BCUT2D eigenvalue weighted by atomic mass is 10.2. The van der Waals surface area contributed by atoms with E-state index in [2.05, 4.69) is 32.4 Å². The van der Waals surface area contributed by atoms with E-state index in [1.165, 1.54) is 0 Å². The normalized spacial score (nSPS) is 18.8. The molecule has 25 heavy (non-hydrogen) atoms. The number of piperazine rings is 1. The fourth-order valence-corrected chi connectivity index (χ4v) is 2.88. The van der Waals surface area contributed by atoms with Crippen molar-refractivity contribution in [3.63, 3.8) is 0 Å². The summed E-state index contributed by atoms with van der Waals surface area (Å²) in [5.74, 6) is 1.25. The van der Waals surface area contributed by atoms with E-state index < -0.39 is 0 Å². The Bertz CT molecular complexity index is 837. The van der Waals surface area contributed by atoms with Gasteiger partial charge in [0, 0.05) is 43.8 Å². The molecule has 1 N–H and O–H groups in total. The minimum atomic E-state index is 0.161. The quantitative estimate of drug-likeness (QED) is 0.786. The van der Waals surface area contributed by atoms with Crippen LogP contribution in [0.3, 0.4) is 0 Å². The molecule has 3 aromatic rings. The summed E-state index contributed by atoms with van der Waals surface area (Å²) in [5, 5.41) is 7.48.